The van der Waals surface area contributed by atoms with E-state index in [0.717, 1.165) is 23.5 Å². The fraction of sp³-hybridized carbons (Fsp3) is 0.333. The first-order valence-electron chi connectivity index (χ1n) is 7.62. The summed E-state index contributed by atoms with van der Waals surface area (Å²) in [5.74, 6) is 0.0174. The predicted octanol–water partition coefficient (Wildman–Crippen LogP) is 4.24. The number of halogens is 2. The fourth-order valence-corrected chi connectivity index (χ4v) is 6.06. The maximum Gasteiger partial charge on any atom is 0.123 e. The van der Waals surface area contributed by atoms with Crippen LogP contribution in [0.1, 0.15) is 25.7 Å². The molecule has 1 saturated carbocycles. The summed E-state index contributed by atoms with van der Waals surface area (Å²) < 4.78 is 26.7. The Morgan fingerprint density at radius 1 is 0.909 bits per heavy atom. The summed E-state index contributed by atoms with van der Waals surface area (Å²) in [4.78, 5) is 0. The van der Waals surface area contributed by atoms with Gasteiger partial charge in [-0.1, -0.05) is 30.3 Å². The molecule has 0 amide bonds. The Hall–Kier alpha value is -1.47. The maximum absolute atomic E-state index is 13.5. The molecule has 3 rings (SSSR count). The molecule has 0 aromatic heterocycles. The first-order valence-corrected chi connectivity index (χ1v) is 9.03. The Labute approximate surface area is 130 Å². The molecule has 0 spiro atoms. The fourth-order valence-electron chi connectivity index (χ4n) is 3.11. The summed E-state index contributed by atoms with van der Waals surface area (Å²) in [7, 11) is -0.805. The molecule has 0 radical (unpaired) electrons. The van der Waals surface area contributed by atoms with Gasteiger partial charge in [0.05, 0.1) is 0 Å². The summed E-state index contributed by atoms with van der Waals surface area (Å²) >= 11 is 0. The van der Waals surface area contributed by atoms with Gasteiger partial charge in [0, 0.05) is 5.30 Å². The van der Waals surface area contributed by atoms with E-state index in [4.69, 9.17) is 0 Å². The first kappa shape index (κ1) is 15.4. The number of hydrogen-bond donors (Lipinski definition) is 1. The Morgan fingerprint density at radius 2 is 1.55 bits per heavy atom. The third-order valence-corrected chi connectivity index (χ3v) is 7.24. The molecule has 116 valence electrons. The summed E-state index contributed by atoms with van der Waals surface area (Å²) in [5, 5.41) is 12.2. The Balaban J connectivity index is 1.98. The smallest absolute Gasteiger partial charge is 0.123 e. The second kappa shape index (κ2) is 6.75. The van der Waals surface area contributed by atoms with Crippen LogP contribution in [0.25, 0.3) is 0 Å². The number of hydrogen-bond acceptors (Lipinski definition) is 1. The quantitative estimate of drug-likeness (QED) is 0.839. The molecule has 1 nitrogen and oxygen atoms in total. The van der Waals surface area contributed by atoms with E-state index in [1.54, 1.807) is 24.3 Å². The van der Waals surface area contributed by atoms with Gasteiger partial charge in [-0.3, -0.25) is 0 Å². The van der Waals surface area contributed by atoms with E-state index in [1.807, 2.05) is 12.1 Å². The van der Waals surface area contributed by atoms with E-state index in [9.17, 15) is 13.9 Å². The highest BCUT2D eigenvalue weighted by Gasteiger charge is 2.30. The van der Waals surface area contributed by atoms with Crippen molar-refractivity contribution in [3.63, 3.8) is 0 Å². The molecule has 0 saturated heterocycles. The van der Waals surface area contributed by atoms with Crippen molar-refractivity contribution in [2.24, 2.45) is 0 Å². The van der Waals surface area contributed by atoms with E-state index in [0.29, 0.717) is 18.5 Å². The highest BCUT2D eigenvalue weighted by molar-refractivity contribution is 7.73. The first-order chi connectivity index (χ1) is 10.6. The van der Waals surface area contributed by atoms with Crippen LogP contribution in [0.4, 0.5) is 8.78 Å². The number of aromatic hydroxyl groups is 1. The molecule has 22 heavy (non-hydrogen) atoms. The monoisotopic (exact) mass is 320 g/mol. The summed E-state index contributed by atoms with van der Waals surface area (Å²) in [6.07, 6.45) is 2.10. The van der Waals surface area contributed by atoms with Gasteiger partial charge < -0.3 is 5.11 Å². The van der Waals surface area contributed by atoms with Crippen molar-refractivity contribution in [2.75, 3.05) is 0 Å². The van der Waals surface area contributed by atoms with Crippen LogP contribution in [-0.4, -0.2) is 16.9 Å². The summed E-state index contributed by atoms with van der Waals surface area (Å²) in [6, 6.07) is 13.9. The number of phenols is 1. The molecule has 2 aromatic rings. The number of benzene rings is 2. The number of rotatable bonds is 3. The van der Waals surface area contributed by atoms with E-state index >= 15 is 0 Å². The average molecular weight is 320 g/mol. The summed E-state index contributed by atoms with van der Waals surface area (Å²) in [5.41, 5.74) is 0.334. The van der Waals surface area contributed by atoms with Gasteiger partial charge in [0.1, 0.15) is 17.7 Å². The Kier molecular flexibility index (Phi) is 4.73. The Morgan fingerprint density at radius 3 is 2.18 bits per heavy atom. The molecule has 1 aliphatic rings. The second-order valence-corrected chi connectivity index (χ2v) is 8.21. The average Bonchev–Trinajstić information content (AvgIpc) is 2.53. The van der Waals surface area contributed by atoms with Gasteiger partial charge in [-0.2, -0.15) is 0 Å². The number of para-hydroxylation sites is 1. The lowest BCUT2D eigenvalue weighted by Crippen LogP contribution is -2.26. The van der Waals surface area contributed by atoms with Gasteiger partial charge in [0.25, 0.3) is 0 Å². The van der Waals surface area contributed by atoms with Gasteiger partial charge in [-0.05, 0) is 62.8 Å². The lowest BCUT2D eigenvalue weighted by atomic mass is 9.98. The molecule has 0 bridgehead atoms. The zero-order valence-electron chi connectivity index (χ0n) is 12.3. The van der Waals surface area contributed by atoms with Gasteiger partial charge in [0.15, 0.2) is 0 Å². The molecule has 0 aliphatic heterocycles. The molecule has 0 heterocycles. The van der Waals surface area contributed by atoms with Gasteiger partial charge in [-0.25, -0.2) is 8.78 Å². The van der Waals surface area contributed by atoms with Crippen LogP contribution in [0.5, 0.6) is 5.75 Å². The highest BCUT2D eigenvalue weighted by atomic mass is 31.1. The lowest BCUT2D eigenvalue weighted by molar-refractivity contribution is 0.254. The van der Waals surface area contributed by atoms with Crippen molar-refractivity contribution in [2.45, 2.75) is 37.5 Å². The topological polar surface area (TPSA) is 20.2 Å². The normalized spacial score (nSPS) is 23.2. The van der Waals surface area contributed by atoms with Crippen molar-refractivity contribution in [1.29, 1.82) is 0 Å². The minimum absolute atomic E-state index is 0.261. The van der Waals surface area contributed by atoms with Crippen LogP contribution in [0.15, 0.2) is 48.5 Å². The molecule has 1 unspecified atom stereocenters. The van der Waals surface area contributed by atoms with Crippen LogP contribution >= 0.6 is 7.92 Å². The SMILES string of the molecule is Oc1ccccc1P(c1ccc(F)cc1)C1CCC(F)CC1. The largest absolute Gasteiger partial charge is 0.507 e. The third kappa shape index (κ3) is 3.30. The molecular formula is C18H19F2OP. The maximum atomic E-state index is 13.5. The molecule has 1 aliphatic carbocycles. The molecule has 1 N–H and O–H groups in total. The van der Waals surface area contributed by atoms with E-state index in [2.05, 4.69) is 0 Å². The molecule has 1 atom stereocenters. The standard InChI is InChI=1S/C18H19F2OP/c19-13-5-9-15(10-6-13)22(16-11-7-14(20)8-12-16)18-4-2-1-3-17(18)21/h1-6,9-10,14,16,21H,7-8,11-12H2. The van der Waals surface area contributed by atoms with Crippen LogP contribution in [0, 0.1) is 5.82 Å². The Bertz CT molecular complexity index is 621. The molecule has 1 fully saturated rings. The van der Waals surface area contributed by atoms with Gasteiger partial charge in [0.2, 0.25) is 0 Å². The van der Waals surface area contributed by atoms with Crippen LogP contribution < -0.4 is 10.6 Å². The number of alkyl halides is 1. The van der Waals surface area contributed by atoms with Crippen molar-refractivity contribution < 1.29 is 13.9 Å². The van der Waals surface area contributed by atoms with E-state index in [1.165, 1.54) is 12.1 Å². The van der Waals surface area contributed by atoms with E-state index in [-0.39, 0.29) is 11.6 Å². The van der Waals surface area contributed by atoms with E-state index < -0.39 is 14.1 Å². The molecule has 4 heteroatoms. The zero-order valence-corrected chi connectivity index (χ0v) is 13.1. The van der Waals surface area contributed by atoms with Crippen molar-refractivity contribution >= 4 is 18.5 Å². The van der Waals surface area contributed by atoms with Crippen molar-refractivity contribution in [1.82, 2.24) is 0 Å². The van der Waals surface area contributed by atoms with Crippen LogP contribution in [0.3, 0.4) is 0 Å². The lowest BCUT2D eigenvalue weighted by Gasteiger charge is -2.33. The highest BCUT2D eigenvalue weighted by Crippen LogP contribution is 2.48. The predicted molar refractivity (Wildman–Crippen MR) is 87.8 cm³/mol. The van der Waals surface area contributed by atoms with Gasteiger partial charge >= 0.3 is 0 Å². The van der Waals surface area contributed by atoms with Crippen molar-refractivity contribution in [3.05, 3.63) is 54.3 Å². The zero-order chi connectivity index (χ0) is 15.5. The summed E-state index contributed by atoms with van der Waals surface area (Å²) in [6.45, 7) is 0. The number of phenolic OH excluding ortho intramolecular Hbond substituents is 1. The van der Waals surface area contributed by atoms with Gasteiger partial charge in [-0.15, -0.1) is 0 Å². The van der Waals surface area contributed by atoms with Crippen LogP contribution in [0.2, 0.25) is 0 Å². The minimum atomic E-state index is -0.805. The molecule has 2 aromatic carbocycles. The van der Waals surface area contributed by atoms with Crippen molar-refractivity contribution in [3.8, 4) is 5.75 Å². The van der Waals surface area contributed by atoms with Crippen LogP contribution in [-0.2, 0) is 0 Å². The minimum Gasteiger partial charge on any atom is -0.507 e. The third-order valence-electron chi connectivity index (χ3n) is 4.24. The molecular weight excluding hydrogens is 301 g/mol. The second-order valence-electron chi connectivity index (χ2n) is 5.74.